The van der Waals surface area contributed by atoms with E-state index < -0.39 is 11.6 Å². The molecule has 0 spiro atoms. The van der Waals surface area contributed by atoms with Gasteiger partial charge in [0.1, 0.15) is 5.69 Å². The molecule has 5 nitrogen and oxygen atoms in total. The molecule has 0 aliphatic carbocycles. The molecule has 1 atom stereocenters. The number of piperidine rings is 1. The molecule has 7 heteroatoms. The quantitative estimate of drug-likeness (QED) is 0.895. The van der Waals surface area contributed by atoms with Crippen LogP contribution in [0.4, 0.5) is 8.78 Å². The first kappa shape index (κ1) is 18.1. The van der Waals surface area contributed by atoms with Gasteiger partial charge >= 0.3 is 0 Å². The topological polar surface area (TPSA) is 52.2 Å². The lowest BCUT2D eigenvalue weighted by molar-refractivity contribution is 0.0767. The highest BCUT2D eigenvalue weighted by Crippen LogP contribution is 2.33. The summed E-state index contributed by atoms with van der Waals surface area (Å²) in [6.07, 6.45) is 6.20. The average Bonchev–Trinajstić information content (AvgIpc) is 3.38. The summed E-state index contributed by atoms with van der Waals surface area (Å²) in [5, 5.41) is 0. The number of likely N-dealkylation sites (tertiary alicyclic amines) is 2. The fourth-order valence-electron chi connectivity index (χ4n) is 4.39. The highest BCUT2D eigenvalue weighted by Gasteiger charge is 2.34. The first-order valence-electron chi connectivity index (χ1n) is 9.54. The van der Waals surface area contributed by atoms with Gasteiger partial charge in [-0.3, -0.25) is 9.69 Å². The van der Waals surface area contributed by atoms with Crippen LogP contribution in [0.1, 0.15) is 35.3 Å². The van der Waals surface area contributed by atoms with Crippen molar-refractivity contribution in [3.63, 3.8) is 0 Å². The molecule has 144 valence electrons. The van der Waals surface area contributed by atoms with Crippen LogP contribution in [-0.4, -0.2) is 51.9 Å². The van der Waals surface area contributed by atoms with E-state index in [-0.39, 0.29) is 5.91 Å². The van der Waals surface area contributed by atoms with Crippen LogP contribution in [0.2, 0.25) is 0 Å². The molecule has 2 aromatic rings. The second kappa shape index (κ2) is 7.76. The van der Waals surface area contributed by atoms with Crippen molar-refractivity contribution in [1.29, 1.82) is 0 Å². The minimum Gasteiger partial charge on any atom is -0.341 e. The van der Waals surface area contributed by atoms with E-state index in [2.05, 4.69) is 14.9 Å². The summed E-state index contributed by atoms with van der Waals surface area (Å²) in [5.41, 5.74) is 0.966. The number of imidazole rings is 1. The summed E-state index contributed by atoms with van der Waals surface area (Å²) >= 11 is 0. The van der Waals surface area contributed by atoms with Crippen LogP contribution >= 0.6 is 0 Å². The SMILES string of the molecule is O=C(c1cnc[nH]1)N1CCC(C2CCN(Cc3cccc(F)c3F)CC2)C1. The Bertz CT molecular complexity index is 787. The van der Waals surface area contributed by atoms with Gasteiger partial charge in [-0.15, -0.1) is 0 Å². The molecular formula is C20H24F2N4O. The van der Waals surface area contributed by atoms with Crippen LogP contribution in [0, 0.1) is 23.5 Å². The van der Waals surface area contributed by atoms with Crippen molar-refractivity contribution >= 4 is 5.91 Å². The Labute approximate surface area is 157 Å². The number of aromatic nitrogens is 2. The predicted octanol–water partition coefficient (Wildman–Crippen LogP) is 3.06. The number of nitrogens with zero attached hydrogens (tertiary/aromatic N) is 3. The molecule has 2 fully saturated rings. The fraction of sp³-hybridized carbons (Fsp3) is 0.500. The van der Waals surface area contributed by atoms with E-state index in [0.29, 0.717) is 29.6 Å². The Balaban J connectivity index is 1.28. The van der Waals surface area contributed by atoms with Gasteiger partial charge < -0.3 is 9.88 Å². The van der Waals surface area contributed by atoms with Gasteiger partial charge in [-0.1, -0.05) is 12.1 Å². The van der Waals surface area contributed by atoms with Crippen LogP contribution in [0.25, 0.3) is 0 Å². The molecule has 1 aromatic carbocycles. The Morgan fingerprint density at radius 2 is 1.93 bits per heavy atom. The highest BCUT2D eigenvalue weighted by molar-refractivity contribution is 5.92. The summed E-state index contributed by atoms with van der Waals surface area (Å²) in [4.78, 5) is 23.3. The minimum atomic E-state index is -0.782. The van der Waals surface area contributed by atoms with Crippen LogP contribution in [-0.2, 0) is 6.54 Å². The third-order valence-electron chi connectivity index (χ3n) is 5.96. The summed E-state index contributed by atoms with van der Waals surface area (Å²) in [6, 6.07) is 4.37. The third kappa shape index (κ3) is 3.88. The van der Waals surface area contributed by atoms with Crippen LogP contribution in [0.3, 0.4) is 0 Å². The molecule has 1 unspecified atom stereocenters. The number of hydrogen-bond donors (Lipinski definition) is 1. The van der Waals surface area contributed by atoms with Crippen molar-refractivity contribution in [2.24, 2.45) is 11.8 Å². The van der Waals surface area contributed by atoms with Gasteiger partial charge in [0.25, 0.3) is 5.91 Å². The van der Waals surface area contributed by atoms with E-state index in [1.165, 1.54) is 6.33 Å². The van der Waals surface area contributed by atoms with Gasteiger partial charge in [-0.25, -0.2) is 13.8 Å². The Morgan fingerprint density at radius 3 is 2.67 bits per heavy atom. The smallest absolute Gasteiger partial charge is 0.271 e. The lowest BCUT2D eigenvalue weighted by Crippen LogP contribution is -2.37. The number of rotatable bonds is 4. The Morgan fingerprint density at radius 1 is 1.15 bits per heavy atom. The zero-order chi connectivity index (χ0) is 18.8. The minimum absolute atomic E-state index is 0.0222. The first-order valence-corrected chi connectivity index (χ1v) is 9.54. The van der Waals surface area contributed by atoms with E-state index in [4.69, 9.17) is 0 Å². The summed E-state index contributed by atoms with van der Waals surface area (Å²) in [5.74, 6) is -0.393. The van der Waals surface area contributed by atoms with Crippen molar-refractivity contribution in [2.45, 2.75) is 25.8 Å². The molecule has 4 rings (SSSR count). The molecule has 27 heavy (non-hydrogen) atoms. The predicted molar refractivity (Wildman–Crippen MR) is 97.0 cm³/mol. The van der Waals surface area contributed by atoms with Crippen molar-refractivity contribution in [3.05, 3.63) is 53.6 Å². The van der Waals surface area contributed by atoms with Crippen LogP contribution in [0.5, 0.6) is 0 Å². The fourth-order valence-corrected chi connectivity index (χ4v) is 4.39. The number of aromatic amines is 1. The number of carbonyl (C=O) groups excluding carboxylic acids is 1. The molecule has 3 heterocycles. The molecule has 0 bridgehead atoms. The number of benzene rings is 1. The molecule has 1 amide bonds. The van der Waals surface area contributed by atoms with E-state index >= 15 is 0 Å². The van der Waals surface area contributed by atoms with Gasteiger partial charge in [0.15, 0.2) is 11.6 Å². The molecule has 2 aliphatic rings. The largest absolute Gasteiger partial charge is 0.341 e. The molecule has 2 saturated heterocycles. The third-order valence-corrected chi connectivity index (χ3v) is 5.96. The van der Waals surface area contributed by atoms with E-state index in [1.54, 1.807) is 18.3 Å². The van der Waals surface area contributed by atoms with Crippen LogP contribution in [0.15, 0.2) is 30.7 Å². The zero-order valence-electron chi connectivity index (χ0n) is 15.2. The van der Waals surface area contributed by atoms with Crippen molar-refractivity contribution in [1.82, 2.24) is 19.8 Å². The number of hydrogen-bond acceptors (Lipinski definition) is 3. The maximum atomic E-state index is 13.9. The Hall–Kier alpha value is -2.28. The van der Waals surface area contributed by atoms with Gasteiger partial charge in [-0.05, 0) is 50.3 Å². The van der Waals surface area contributed by atoms with Gasteiger partial charge in [-0.2, -0.15) is 0 Å². The van der Waals surface area contributed by atoms with Gasteiger partial charge in [0, 0.05) is 25.2 Å². The molecule has 2 aliphatic heterocycles. The molecule has 0 saturated carbocycles. The van der Waals surface area contributed by atoms with E-state index in [1.807, 2.05) is 4.90 Å². The normalized spacial score (nSPS) is 21.7. The maximum Gasteiger partial charge on any atom is 0.271 e. The number of H-pyrrole nitrogens is 1. The monoisotopic (exact) mass is 374 g/mol. The lowest BCUT2D eigenvalue weighted by atomic mass is 9.83. The summed E-state index contributed by atoms with van der Waals surface area (Å²) in [7, 11) is 0. The van der Waals surface area contributed by atoms with Crippen LogP contribution < -0.4 is 0 Å². The van der Waals surface area contributed by atoms with Gasteiger partial charge in [0.2, 0.25) is 0 Å². The highest BCUT2D eigenvalue weighted by atomic mass is 19.2. The Kier molecular flexibility index (Phi) is 5.20. The molecule has 1 aromatic heterocycles. The van der Waals surface area contributed by atoms with Crippen molar-refractivity contribution in [2.75, 3.05) is 26.2 Å². The average molecular weight is 374 g/mol. The number of carbonyl (C=O) groups is 1. The number of halogens is 2. The zero-order valence-corrected chi connectivity index (χ0v) is 15.2. The van der Waals surface area contributed by atoms with Gasteiger partial charge in [0.05, 0.1) is 12.5 Å². The summed E-state index contributed by atoms with van der Waals surface area (Å²) < 4.78 is 27.2. The number of nitrogens with one attached hydrogen (secondary N) is 1. The second-order valence-electron chi connectivity index (χ2n) is 7.59. The lowest BCUT2D eigenvalue weighted by Gasteiger charge is -2.34. The number of amides is 1. The van der Waals surface area contributed by atoms with Crippen molar-refractivity contribution < 1.29 is 13.6 Å². The van der Waals surface area contributed by atoms with Crippen molar-refractivity contribution in [3.8, 4) is 0 Å². The van der Waals surface area contributed by atoms with E-state index in [0.717, 1.165) is 51.5 Å². The molecule has 0 radical (unpaired) electrons. The maximum absolute atomic E-state index is 13.9. The molecular weight excluding hydrogens is 350 g/mol. The summed E-state index contributed by atoms with van der Waals surface area (Å²) in [6.45, 7) is 3.79. The standard InChI is InChI=1S/C20H24F2N4O/c21-17-3-1-2-16(19(17)22)11-25-7-4-14(5-8-25)15-6-9-26(12-15)20(27)18-10-23-13-24-18/h1-3,10,13-15H,4-9,11-12H2,(H,23,24). The second-order valence-corrected chi connectivity index (χ2v) is 7.59. The molecule has 1 N–H and O–H groups in total. The first-order chi connectivity index (χ1) is 13.1. The van der Waals surface area contributed by atoms with E-state index in [9.17, 15) is 13.6 Å².